The van der Waals surface area contributed by atoms with Gasteiger partial charge in [-0.25, -0.2) is 9.78 Å². The number of ether oxygens (including phenoxy) is 1. The Bertz CT molecular complexity index is 1080. The number of rotatable bonds is 7. The number of primary amides is 1. The summed E-state index contributed by atoms with van der Waals surface area (Å²) in [4.78, 5) is 27.9. The van der Waals surface area contributed by atoms with Crippen LogP contribution in [0.5, 0.6) is 0 Å². The molecular weight excluding hydrogens is 408 g/mol. The fraction of sp³-hybridized carbons (Fsp3) is 0.304. The zero-order valence-electron chi connectivity index (χ0n) is 17.8. The number of carbonyl (C=O) groups is 2. The number of hydrogen-bond acceptors (Lipinski definition) is 8. The van der Waals surface area contributed by atoms with Crippen molar-refractivity contribution < 1.29 is 14.3 Å². The topological polar surface area (TPSA) is 156 Å². The molecule has 1 saturated carbocycles. The van der Waals surface area contributed by atoms with Gasteiger partial charge in [0.05, 0.1) is 18.2 Å². The maximum absolute atomic E-state index is 12.0. The highest BCUT2D eigenvalue weighted by Gasteiger charge is 2.24. The molecule has 1 fully saturated rings. The maximum atomic E-state index is 12.0. The Balaban J connectivity index is 1.93. The average Bonchev–Trinajstić information content (AvgIpc) is 2.79. The molecule has 0 aliphatic heterocycles. The van der Waals surface area contributed by atoms with Gasteiger partial charge in [0.2, 0.25) is 0 Å². The number of aromatic nitrogens is 1. The summed E-state index contributed by atoms with van der Waals surface area (Å²) in [6, 6.07) is 10.6. The molecule has 1 aromatic carbocycles. The number of hydrogen-bond donors (Lipinski definition) is 4. The smallest absolute Gasteiger partial charge is 0.330 e. The van der Waals surface area contributed by atoms with E-state index < -0.39 is 11.9 Å². The summed E-state index contributed by atoms with van der Waals surface area (Å²) in [5, 5.41) is 16.0. The third-order valence-corrected chi connectivity index (χ3v) is 5.31. The fourth-order valence-corrected chi connectivity index (χ4v) is 3.60. The van der Waals surface area contributed by atoms with E-state index in [1.54, 1.807) is 24.3 Å². The summed E-state index contributed by atoms with van der Waals surface area (Å²) >= 11 is 0. The number of carbonyl (C=O) groups excluding carboxylic acids is 2. The van der Waals surface area contributed by atoms with Crippen LogP contribution in [0.3, 0.4) is 0 Å². The number of anilines is 3. The standard InChI is InChI=1S/C23H26N6O3/c1-32-20(30)10-9-14-5-4-6-16(11-14)27-23-17(21(26)31)12-15(13-24)22(29-23)28-19-8-3-2-7-18(19)25/h4-6,9-12,18-19H,2-3,7-8,25H2,1H3,(H2,26,31)(H2,27,28,29)/b10-9+/t18-,19+/m0/s1. The summed E-state index contributed by atoms with van der Waals surface area (Å²) in [5.74, 6) is -0.606. The third-order valence-electron chi connectivity index (χ3n) is 5.31. The molecule has 0 saturated heterocycles. The van der Waals surface area contributed by atoms with Crippen LogP contribution in [0.1, 0.15) is 47.2 Å². The van der Waals surface area contributed by atoms with E-state index in [1.165, 1.54) is 19.3 Å². The average molecular weight is 435 g/mol. The lowest BCUT2D eigenvalue weighted by molar-refractivity contribution is -0.134. The fourth-order valence-electron chi connectivity index (χ4n) is 3.60. The van der Waals surface area contributed by atoms with E-state index in [2.05, 4.69) is 26.4 Å². The molecule has 1 amide bonds. The van der Waals surface area contributed by atoms with Crippen molar-refractivity contribution in [1.82, 2.24) is 4.98 Å². The van der Waals surface area contributed by atoms with E-state index in [0.29, 0.717) is 11.5 Å². The molecule has 0 bridgehead atoms. The molecule has 0 spiro atoms. The molecule has 166 valence electrons. The number of benzene rings is 1. The van der Waals surface area contributed by atoms with Crippen molar-refractivity contribution in [3.05, 3.63) is 53.1 Å². The van der Waals surface area contributed by atoms with E-state index >= 15 is 0 Å². The Kier molecular flexibility index (Phi) is 7.41. The van der Waals surface area contributed by atoms with E-state index in [9.17, 15) is 14.9 Å². The molecule has 1 aliphatic carbocycles. The van der Waals surface area contributed by atoms with Crippen LogP contribution < -0.4 is 22.1 Å². The molecule has 1 aliphatic rings. The van der Waals surface area contributed by atoms with E-state index in [4.69, 9.17) is 11.5 Å². The van der Waals surface area contributed by atoms with Crippen LogP contribution in [0.2, 0.25) is 0 Å². The summed E-state index contributed by atoms with van der Waals surface area (Å²) < 4.78 is 4.60. The van der Waals surface area contributed by atoms with Gasteiger partial charge in [-0.05, 0) is 42.7 Å². The number of esters is 1. The van der Waals surface area contributed by atoms with Gasteiger partial charge >= 0.3 is 5.97 Å². The highest BCUT2D eigenvalue weighted by Crippen LogP contribution is 2.27. The second-order valence-corrected chi connectivity index (χ2v) is 7.56. The van der Waals surface area contributed by atoms with E-state index in [1.807, 2.05) is 6.07 Å². The van der Waals surface area contributed by atoms with Gasteiger partial charge in [-0.1, -0.05) is 25.0 Å². The van der Waals surface area contributed by atoms with Crippen molar-refractivity contribution in [2.75, 3.05) is 17.7 Å². The number of amides is 1. The second kappa shape index (κ2) is 10.4. The number of nitrogens with two attached hydrogens (primary N) is 2. The van der Waals surface area contributed by atoms with Gasteiger partial charge in [0.1, 0.15) is 17.7 Å². The molecule has 2 aromatic rings. The Hall–Kier alpha value is -3.90. The minimum absolute atomic E-state index is 0.0117. The third kappa shape index (κ3) is 5.62. The molecule has 6 N–H and O–H groups in total. The quantitative estimate of drug-likeness (QED) is 0.383. The van der Waals surface area contributed by atoms with Crippen LogP contribution in [0, 0.1) is 11.3 Å². The van der Waals surface area contributed by atoms with Crippen molar-refractivity contribution in [2.24, 2.45) is 11.5 Å². The molecule has 9 heteroatoms. The van der Waals surface area contributed by atoms with Crippen LogP contribution >= 0.6 is 0 Å². The molecule has 0 unspecified atom stereocenters. The lowest BCUT2D eigenvalue weighted by atomic mass is 9.91. The van der Waals surface area contributed by atoms with Crippen molar-refractivity contribution in [3.63, 3.8) is 0 Å². The number of pyridine rings is 1. The molecule has 3 rings (SSSR count). The Morgan fingerprint density at radius 1 is 1.25 bits per heavy atom. The first-order valence-electron chi connectivity index (χ1n) is 10.3. The number of methoxy groups -OCH3 is 1. The van der Waals surface area contributed by atoms with E-state index in [0.717, 1.165) is 31.2 Å². The molecule has 1 heterocycles. The summed E-state index contributed by atoms with van der Waals surface area (Å²) in [6.07, 6.45) is 6.81. The first-order chi connectivity index (χ1) is 15.4. The molecule has 9 nitrogen and oxygen atoms in total. The molecular formula is C23H26N6O3. The number of nitrogens with one attached hydrogen (secondary N) is 2. The number of nitrogens with zero attached hydrogens (tertiary/aromatic N) is 2. The maximum Gasteiger partial charge on any atom is 0.330 e. The summed E-state index contributed by atoms with van der Waals surface area (Å²) in [6.45, 7) is 0. The van der Waals surface area contributed by atoms with Crippen LogP contribution in [0.25, 0.3) is 6.08 Å². The Morgan fingerprint density at radius 2 is 2.03 bits per heavy atom. The van der Waals surface area contributed by atoms with Gasteiger partial charge in [-0.3, -0.25) is 4.79 Å². The van der Waals surface area contributed by atoms with Gasteiger partial charge in [-0.15, -0.1) is 0 Å². The molecule has 32 heavy (non-hydrogen) atoms. The SMILES string of the molecule is COC(=O)/C=C/c1cccc(Nc2nc(N[C@@H]3CCCC[C@@H]3N)c(C#N)cc2C(N)=O)c1. The van der Waals surface area contributed by atoms with Gasteiger partial charge in [0.25, 0.3) is 5.91 Å². The molecule has 2 atom stereocenters. The monoisotopic (exact) mass is 434 g/mol. The highest BCUT2D eigenvalue weighted by molar-refractivity contribution is 5.99. The van der Waals surface area contributed by atoms with Crippen molar-refractivity contribution in [1.29, 1.82) is 5.26 Å². The predicted octanol–water partition coefficient (Wildman–Crippen LogP) is 2.66. The van der Waals surface area contributed by atoms with Crippen LogP contribution in [0.4, 0.5) is 17.3 Å². The van der Waals surface area contributed by atoms with Crippen molar-refractivity contribution >= 4 is 35.3 Å². The van der Waals surface area contributed by atoms with Crippen LogP contribution in [0.15, 0.2) is 36.4 Å². The zero-order chi connectivity index (χ0) is 23.1. The number of nitriles is 1. The van der Waals surface area contributed by atoms with Crippen molar-refractivity contribution in [3.8, 4) is 6.07 Å². The minimum Gasteiger partial charge on any atom is -0.466 e. The predicted molar refractivity (Wildman–Crippen MR) is 122 cm³/mol. The molecule has 0 radical (unpaired) electrons. The van der Waals surface area contributed by atoms with Gasteiger partial charge in [0.15, 0.2) is 0 Å². The Morgan fingerprint density at radius 3 is 2.72 bits per heavy atom. The summed E-state index contributed by atoms with van der Waals surface area (Å²) in [5.41, 5.74) is 13.4. The van der Waals surface area contributed by atoms with Gasteiger partial charge in [-0.2, -0.15) is 5.26 Å². The lowest BCUT2D eigenvalue weighted by Gasteiger charge is -2.30. The molecule has 1 aromatic heterocycles. The van der Waals surface area contributed by atoms with Gasteiger partial charge < -0.3 is 26.8 Å². The van der Waals surface area contributed by atoms with Crippen LogP contribution in [-0.4, -0.2) is 36.1 Å². The Labute approximate surface area is 186 Å². The minimum atomic E-state index is -0.709. The zero-order valence-corrected chi connectivity index (χ0v) is 17.8. The first kappa shape index (κ1) is 22.8. The van der Waals surface area contributed by atoms with E-state index in [-0.39, 0.29) is 29.0 Å². The van der Waals surface area contributed by atoms with Crippen LogP contribution in [-0.2, 0) is 9.53 Å². The van der Waals surface area contributed by atoms with Crippen molar-refractivity contribution in [2.45, 2.75) is 37.8 Å². The highest BCUT2D eigenvalue weighted by atomic mass is 16.5. The largest absolute Gasteiger partial charge is 0.466 e. The second-order valence-electron chi connectivity index (χ2n) is 7.56. The lowest BCUT2D eigenvalue weighted by Crippen LogP contribution is -2.43. The normalized spacial score (nSPS) is 18.0. The summed E-state index contributed by atoms with van der Waals surface area (Å²) in [7, 11) is 1.30. The van der Waals surface area contributed by atoms with Gasteiger partial charge in [0, 0.05) is 23.8 Å². The first-order valence-corrected chi connectivity index (χ1v) is 10.3.